The smallest absolute Gasteiger partial charge is 0.410 e. The molecule has 6 N–H and O–H groups in total. The lowest BCUT2D eigenvalue weighted by molar-refractivity contribution is -0.122. The van der Waals surface area contributed by atoms with Crippen molar-refractivity contribution in [2.75, 3.05) is 13.1 Å². The number of benzene rings is 2. The summed E-state index contributed by atoms with van der Waals surface area (Å²) in [6.45, 7) is 21.1. The number of carbonyl (C=O) groups is 3. The second-order valence-corrected chi connectivity index (χ2v) is 30.9. The molecule has 15 rings (SSSR count). The number of hydrazine groups is 1. The SMILES string of the molecule is CC1=C2C[C@H]3[C@@H](CC[C@@H]4/C(=C/O)C(=O)CC[C@@]43C)[C@@H]2CC[C@@]2(C1)O[C@@H]1C[C@H](C)CN(C(=O)OCc3ccccc3)[C@H]1[C@H]2C.CC1=C2C[C@H]3[C@@H](CC[C@@H]4c5cn[nH]c5CC[C@@]43C)[C@@H]2CC[C@@]2(C1)O[C@@H]1C[C@H](C)CN(C(=O)OCc3ccccc3)[C@H]1[C@H]2C.NN. The quantitative estimate of drug-likeness (QED) is 0.0638. The summed E-state index contributed by atoms with van der Waals surface area (Å²) in [5.74, 6) is 14.3. The highest BCUT2D eigenvalue weighted by molar-refractivity contribution is 5.96. The molecular weight excluding hydrogens is 1100 g/mol. The van der Waals surface area contributed by atoms with E-state index < -0.39 is 0 Å². The van der Waals surface area contributed by atoms with Crippen LogP contribution in [0.2, 0.25) is 0 Å². The number of allylic oxidation sites excluding steroid dienone is 3. The minimum absolute atomic E-state index is 0.0424. The second-order valence-electron chi connectivity index (χ2n) is 30.9. The first-order valence-electron chi connectivity index (χ1n) is 34.3. The summed E-state index contributed by atoms with van der Waals surface area (Å²) in [6.07, 6.45) is 22.5. The number of nitrogens with two attached hydrogens (primary N) is 2. The number of nitrogens with one attached hydrogen (secondary N) is 1. The molecule has 20 atom stereocenters. The van der Waals surface area contributed by atoms with Crippen molar-refractivity contribution in [1.82, 2.24) is 20.0 Å². The third kappa shape index (κ3) is 10.3. The van der Waals surface area contributed by atoms with Crippen molar-refractivity contribution in [3.63, 3.8) is 0 Å². The van der Waals surface area contributed by atoms with Crippen LogP contribution in [0, 0.1) is 75.9 Å². The Morgan fingerprint density at radius 3 is 1.62 bits per heavy atom. The lowest BCUT2D eigenvalue weighted by atomic mass is 9.51. The van der Waals surface area contributed by atoms with Crippen LogP contribution in [0.4, 0.5) is 9.59 Å². The van der Waals surface area contributed by atoms with E-state index in [2.05, 4.69) is 83.5 Å². The van der Waals surface area contributed by atoms with Gasteiger partial charge in [0.1, 0.15) is 13.2 Å². The van der Waals surface area contributed by atoms with E-state index in [1.165, 1.54) is 48.9 Å². The largest absolute Gasteiger partial charge is 0.515 e. The van der Waals surface area contributed by atoms with Gasteiger partial charge in [0, 0.05) is 42.6 Å². The fraction of sp³-hybridized carbons (Fsp3) is 0.676. The van der Waals surface area contributed by atoms with Gasteiger partial charge >= 0.3 is 12.2 Å². The summed E-state index contributed by atoms with van der Waals surface area (Å²) in [6, 6.07) is 20.1. The monoisotopic (exact) mass is 1200 g/mol. The Morgan fingerprint density at radius 1 is 0.670 bits per heavy atom. The molecule has 2 aromatic carbocycles. The van der Waals surface area contributed by atoms with E-state index in [0.717, 1.165) is 119 Å². The Hall–Kier alpha value is -5.28. The molecule has 12 aliphatic rings. The normalized spacial score (nSPS) is 41.5. The summed E-state index contributed by atoms with van der Waals surface area (Å²) in [5.41, 5.74) is 12.1. The number of piperidine rings is 2. The highest BCUT2D eigenvalue weighted by Crippen LogP contribution is 2.68. The van der Waals surface area contributed by atoms with Gasteiger partial charge in [0.05, 0.1) is 48.0 Å². The van der Waals surface area contributed by atoms with Gasteiger partial charge in [-0.25, -0.2) is 9.59 Å². The lowest BCUT2D eigenvalue weighted by Crippen LogP contribution is -2.54. The van der Waals surface area contributed by atoms with Crippen LogP contribution in [-0.2, 0) is 43.4 Å². The van der Waals surface area contributed by atoms with Crippen molar-refractivity contribution in [2.24, 2.45) is 87.6 Å². The number of ether oxygens (including phenoxy) is 4. The van der Waals surface area contributed by atoms with Gasteiger partial charge < -0.3 is 33.9 Å². The summed E-state index contributed by atoms with van der Waals surface area (Å²) in [7, 11) is 0. The number of fused-ring (bicyclic) bond motifs is 14. The Labute approximate surface area is 523 Å². The average Bonchev–Trinajstić information content (AvgIpc) is 1.60. The number of H-pyrrole nitrogens is 1. The van der Waals surface area contributed by atoms with E-state index in [1.807, 2.05) is 70.5 Å². The third-order valence-corrected chi connectivity index (χ3v) is 26.6. The molecular formula is C74H102N6O8. The topological polar surface area (TPSA) is 196 Å². The number of likely N-dealkylation sites (tertiary alicyclic amines) is 2. The van der Waals surface area contributed by atoms with Crippen LogP contribution in [0.3, 0.4) is 0 Å². The zero-order valence-electron chi connectivity index (χ0n) is 54.0. The van der Waals surface area contributed by atoms with Crippen LogP contribution in [0.25, 0.3) is 0 Å². The molecule has 14 heteroatoms. The number of nitrogens with zero attached hydrogens (tertiary/aromatic N) is 3. The molecule has 9 fully saturated rings. The highest BCUT2D eigenvalue weighted by Gasteiger charge is 2.64. The molecule has 5 saturated carbocycles. The van der Waals surface area contributed by atoms with Gasteiger partial charge in [-0.1, -0.05) is 124 Å². The average molecular weight is 1200 g/mol. The summed E-state index contributed by atoms with van der Waals surface area (Å²) < 4.78 is 26.1. The molecule has 8 aliphatic carbocycles. The molecule has 4 saturated heterocycles. The van der Waals surface area contributed by atoms with Crippen molar-refractivity contribution in [3.05, 3.63) is 123 Å². The number of aryl methyl sites for hydroxylation is 1. The number of rotatable bonds is 4. The van der Waals surface area contributed by atoms with Gasteiger partial charge in [-0.15, -0.1) is 0 Å². The molecule has 14 nitrogen and oxygen atoms in total. The first-order chi connectivity index (χ1) is 42.4. The van der Waals surface area contributed by atoms with Gasteiger partial charge in [-0.05, 0) is 210 Å². The maximum atomic E-state index is 13.6. The molecule has 4 aliphatic heterocycles. The molecule has 2 spiro atoms. The van der Waals surface area contributed by atoms with Crippen molar-refractivity contribution in [2.45, 2.75) is 226 Å². The Kier molecular flexibility index (Phi) is 16.8. The Morgan fingerprint density at radius 2 is 1.14 bits per heavy atom. The van der Waals surface area contributed by atoms with E-state index in [9.17, 15) is 19.5 Å². The molecule has 88 heavy (non-hydrogen) atoms. The summed E-state index contributed by atoms with van der Waals surface area (Å²) in [5, 5.41) is 17.7. The number of Topliss-reactive ketones (excluding diaryl/α,β-unsaturated/α-hetero) is 1. The zero-order chi connectivity index (χ0) is 61.6. The van der Waals surface area contributed by atoms with Gasteiger partial charge in [0.15, 0.2) is 5.78 Å². The van der Waals surface area contributed by atoms with E-state index in [0.29, 0.717) is 72.0 Å². The minimum Gasteiger partial charge on any atom is -0.515 e. The van der Waals surface area contributed by atoms with E-state index >= 15 is 0 Å². The van der Waals surface area contributed by atoms with Crippen LogP contribution in [-0.4, -0.2) is 91.7 Å². The van der Waals surface area contributed by atoms with E-state index in [4.69, 9.17) is 18.9 Å². The summed E-state index contributed by atoms with van der Waals surface area (Å²) >= 11 is 0. The minimum atomic E-state index is -0.251. The second kappa shape index (κ2) is 24.1. The van der Waals surface area contributed by atoms with Gasteiger partial charge in [-0.2, -0.15) is 5.10 Å². The molecule has 0 unspecified atom stereocenters. The Bertz CT molecular complexity index is 3180. The zero-order valence-corrected chi connectivity index (χ0v) is 54.0. The predicted octanol–water partition coefficient (Wildman–Crippen LogP) is 14.4. The number of aromatic nitrogens is 2. The number of hydrogen-bond donors (Lipinski definition) is 4. The number of hydrogen-bond acceptors (Lipinski definition) is 11. The first-order valence-corrected chi connectivity index (χ1v) is 34.3. The maximum Gasteiger partial charge on any atom is 0.410 e. The van der Waals surface area contributed by atoms with Crippen LogP contribution in [0.1, 0.15) is 193 Å². The molecule has 2 amide bonds. The molecule has 0 bridgehead atoms. The maximum absolute atomic E-state index is 13.6. The number of aliphatic hydroxyl groups is 1. The van der Waals surface area contributed by atoms with Crippen LogP contribution >= 0.6 is 0 Å². The van der Waals surface area contributed by atoms with Crippen LogP contribution in [0.15, 0.2) is 101 Å². The predicted molar refractivity (Wildman–Crippen MR) is 340 cm³/mol. The van der Waals surface area contributed by atoms with E-state index in [1.54, 1.807) is 16.7 Å². The standard InChI is InChI=1S/C37H49N3O3.C37H49NO5.H4N2/c1-22-16-33-34(40(20-22)35(41)42-21-25-8-6-5-7-9-25)24(3)37(43-33)15-12-26-27-10-11-30-29-19-38-39-32(29)13-14-36(30,4)31(27)17-28(26)23(2)18-37;1-22-16-33-34(38(19-22)35(41)42-21-25-8-6-5-7-9-25)24(3)37(43-33)15-12-26-27-10-11-30-29(20-39)32(40)13-14-36(30,4)31(27)17-28(26)23(2)18-37;1-2/h5-9,19,22,24,26-27,30-31,33-34H,10-18,20-21H2,1-4H3,(H,38,39);5-9,20,22,24,26-27,30-31,33-34,39H,10-19,21H2,1-4H3;1-2H2/b;29-20-;/t2*22-,24+,26-,27-,30+,31-,33+,34-,36-,37-;/m00./s1. The van der Waals surface area contributed by atoms with Gasteiger partial charge in [0.25, 0.3) is 0 Å². The summed E-state index contributed by atoms with van der Waals surface area (Å²) in [4.78, 5) is 43.8. The van der Waals surface area contributed by atoms with Crippen molar-refractivity contribution >= 4 is 18.0 Å². The van der Waals surface area contributed by atoms with Gasteiger partial charge in [0.2, 0.25) is 0 Å². The van der Waals surface area contributed by atoms with E-state index in [-0.39, 0.29) is 76.6 Å². The Balaban J connectivity index is 0.000000158. The highest BCUT2D eigenvalue weighted by atomic mass is 16.6. The molecule has 1 aromatic heterocycles. The number of ketones is 1. The fourth-order valence-electron chi connectivity index (χ4n) is 22.4. The molecule has 5 heterocycles. The van der Waals surface area contributed by atoms with Gasteiger partial charge in [-0.3, -0.25) is 21.6 Å². The van der Waals surface area contributed by atoms with Crippen molar-refractivity contribution in [1.29, 1.82) is 0 Å². The number of aliphatic hydroxyl groups excluding tert-OH is 1. The van der Waals surface area contributed by atoms with Crippen LogP contribution in [0.5, 0.6) is 0 Å². The molecule has 476 valence electrons. The van der Waals surface area contributed by atoms with Crippen LogP contribution < -0.4 is 11.7 Å². The van der Waals surface area contributed by atoms with Crippen molar-refractivity contribution < 1.29 is 38.4 Å². The number of amides is 2. The third-order valence-electron chi connectivity index (χ3n) is 26.6. The molecule has 3 aromatic rings. The molecule has 0 radical (unpaired) electrons. The number of carbonyl (C=O) groups excluding carboxylic acids is 3. The number of aromatic amines is 1. The first kappa shape index (κ1) is 61.6. The van der Waals surface area contributed by atoms with Crippen molar-refractivity contribution in [3.8, 4) is 0 Å². The lowest BCUT2D eigenvalue weighted by Gasteiger charge is -2.52. The fourth-order valence-corrected chi connectivity index (χ4v) is 22.4.